The van der Waals surface area contributed by atoms with Gasteiger partial charge < -0.3 is 9.47 Å². The highest BCUT2D eigenvalue weighted by atomic mass is 35.5. The number of carbonyl (C=O) groups is 1. The SMILES string of the molecule is COCC(=O)Oc1ccc2ccccc2c1C(C)C.Cl.Cl. The molecular formula is C16H20Cl2O3. The molecule has 0 amide bonds. The number of rotatable bonds is 4. The minimum atomic E-state index is -0.375. The van der Waals surface area contributed by atoms with E-state index in [0.717, 1.165) is 16.3 Å². The molecule has 0 saturated carbocycles. The summed E-state index contributed by atoms with van der Waals surface area (Å²) >= 11 is 0. The first-order valence-corrected chi connectivity index (χ1v) is 6.34. The van der Waals surface area contributed by atoms with Crippen LogP contribution in [0.25, 0.3) is 10.8 Å². The van der Waals surface area contributed by atoms with Crippen LogP contribution in [0, 0.1) is 0 Å². The lowest BCUT2D eigenvalue weighted by Gasteiger charge is -2.15. The fourth-order valence-corrected chi connectivity index (χ4v) is 2.23. The monoisotopic (exact) mass is 330 g/mol. The highest BCUT2D eigenvalue weighted by Gasteiger charge is 2.14. The van der Waals surface area contributed by atoms with Gasteiger partial charge in [0, 0.05) is 12.7 Å². The summed E-state index contributed by atoms with van der Waals surface area (Å²) in [5.41, 5.74) is 1.06. The third-order valence-electron chi connectivity index (χ3n) is 2.99. The van der Waals surface area contributed by atoms with Crippen molar-refractivity contribution >= 4 is 41.6 Å². The van der Waals surface area contributed by atoms with E-state index in [9.17, 15) is 4.79 Å². The van der Waals surface area contributed by atoms with Crippen molar-refractivity contribution in [1.29, 1.82) is 0 Å². The van der Waals surface area contributed by atoms with Crippen LogP contribution < -0.4 is 4.74 Å². The highest BCUT2D eigenvalue weighted by Crippen LogP contribution is 2.34. The molecule has 0 aliphatic rings. The van der Waals surface area contributed by atoms with Gasteiger partial charge in [0.15, 0.2) is 0 Å². The lowest BCUT2D eigenvalue weighted by atomic mass is 9.95. The molecule has 0 radical (unpaired) electrons. The van der Waals surface area contributed by atoms with Crippen molar-refractivity contribution in [2.45, 2.75) is 19.8 Å². The van der Waals surface area contributed by atoms with Gasteiger partial charge in [0.1, 0.15) is 12.4 Å². The van der Waals surface area contributed by atoms with Crippen LogP contribution in [0.2, 0.25) is 0 Å². The number of methoxy groups -OCH3 is 1. The van der Waals surface area contributed by atoms with Gasteiger partial charge in [-0.05, 0) is 22.8 Å². The molecule has 0 aliphatic heterocycles. The minimum absolute atomic E-state index is 0. The second-order valence-corrected chi connectivity index (χ2v) is 4.76. The third-order valence-corrected chi connectivity index (χ3v) is 2.99. The van der Waals surface area contributed by atoms with Gasteiger partial charge in [-0.2, -0.15) is 0 Å². The summed E-state index contributed by atoms with van der Waals surface area (Å²) in [5, 5.41) is 2.28. The van der Waals surface area contributed by atoms with Crippen LogP contribution in [-0.4, -0.2) is 19.7 Å². The quantitative estimate of drug-likeness (QED) is 0.617. The van der Waals surface area contributed by atoms with Gasteiger partial charge in [-0.3, -0.25) is 0 Å². The second kappa shape index (κ2) is 8.88. The Kier molecular flexibility index (Phi) is 8.33. The number of esters is 1. The van der Waals surface area contributed by atoms with E-state index in [1.165, 1.54) is 7.11 Å². The number of hydrogen-bond acceptors (Lipinski definition) is 3. The minimum Gasteiger partial charge on any atom is -0.425 e. The molecule has 0 aliphatic carbocycles. The molecule has 3 nitrogen and oxygen atoms in total. The van der Waals surface area contributed by atoms with Gasteiger partial charge >= 0.3 is 5.97 Å². The molecule has 0 aromatic heterocycles. The molecule has 0 N–H and O–H groups in total. The molecule has 2 aromatic rings. The standard InChI is InChI=1S/C16H18O3.2ClH/c1-11(2)16-13-7-5-4-6-12(13)8-9-14(16)19-15(17)10-18-3;;/h4-9,11H,10H2,1-3H3;2*1H. The zero-order valence-corrected chi connectivity index (χ0v) is 13.9. The summed E-state index contributed by atoms with van der Waals surface area (Å²) in [6.45, 7) is 4.15. The average molecular weight is 331 g/mol. The first kappa shape index (κ1) is 19.7. The molecule has 5 heteroatoms. The Hall–Kier alpha value is -1.29. The maximum Gasteiger partial charge on any atom is 0.337 e. The first-order valence-electron chi connectivity index (χ1n) is 6.34. The smallest absolute Gasteiger partial charge is 0.337 e. The maximum atomic E-state index is 11.6. The summed E-state index contributed by atoms with van der Waals surface area (Å²) in [6.07, 6.45) is 0. The molecule has 0 spiro atoms. The van der Waals surface area contributed by atoms with Gasteiger partial charge in [0.25, 0.3) is 0 Å². The van der Waals surface area contributed by atoms with Crippen molar-refractivity contribution in [3.63, 3.8) is 0 Å². The Morgan fingerprint density at radius 2 is 1.76 bits per heavy atom. The molecule has 0 unspecified atom stereocenters. The van der Waals surface area contributed by atoms with Crippen molar-refractivity contribution in [1.82, 2.24) is 0 Å². The summed E-state index contributed by atoms with van der Waals surface area (Å²) < 4.78 is 10.2. The van der Waals surface area contributed by atoms with E-state index in [4.69, 9.17) is 9.47 Å². The number of hydrogen-bond donors (Lipinski definition) is 0. The first-order chi connectivity index (χ1) is 9.13. The van der Waals surface area contributed by atoms with E-state index < -0.39 is 0 Å². The van der Waals surface area contributed by atoms with E-state index in [-0.39, 0.29) is 43.3 Å². The van der Waals surface area contributed by atoms with Crippen molar-refractivity contribution in [2.24, 2.45) is 0 Å². The van der Waals surface area contributed by atoms with Crippen LogP contribution in [0.3, 0.4) is 0 Å². The van der Waals surface area contributed by atoms with Gasteiger partial charge in [-0.1, -0.05) is 44.2 Å². The largest absolute Gasteiger partial charge is 0.425 e. The summed E-state index contributed by atoms with van der Waals surface area (Å²) in [5.74, 6) is 0.520. The Labute approximate surface area is 137 Å². The summed E-state index contributed by atoms with van der Waals surface area (Å²) in [4.78, 5) is 11.6. The molecule has 0 saturated heterocycles. The van der Waals surface area contributed by atoms with E-state index in [0.29, 0.717) is 5.75 Å². The Morgan fingerprint density at radius 1 is 1.10 bits per heavy atom. The normalized spacial score (nSPS) is 9.90. The summed E-state index contributed by atoms with van der Waals surface area (Å²) in [6, 6.07) is 11.9. The van der Waals surface area contributed by atoms with Crippen LogP contribution in [0.5, 0.6) is 5.75 Å². The predicted octanol–water partition coefficient (Wildman–Crippen LogP) is 4.36. The van der Waals surface area contributed by atoms with Crippen molar-refractivity contribution in [3.8, 4) is 5.75 Å². The zero-order chi connectivity index (χ0) is 13.8. The van der Waals surface area contributed by atoms with Crippen molar-refractivity contribution < 1.29 is 14.3 Å². The fourth-order valence-electron chi connectivity index (χ4n) is 2.23. The number of halogens is 2. The van der Waals surface area contributed by atoms with Crippen LogP contribution in [0.15, 0.2) is 36.4 Å². The third kappa shape index (κ3) is 4.60. The van der Waals surface area contributed by atoms with Gasteiger partial charge in [-0.15, -0.1) is 24.8 Å². The lowest BCUT2D eigenvalue weighted by molar-refractivity contribution is -0.138. The highest BCUT2D eigenvalue weighted by molar-refractivity contribution is 5.89. The second-order valence-electron chi connectivity index (χ2n) is 4.76. The van der Waals surface area contributed by atoms with Crippen LogP contribution >= 0.6 is 24.8 Å². The molecule has 0 bridgehead atoms. The molecule has 21 heavy (non-hydrogen) atoms. The summed E-state index contributed by atoms with van der Waals surface area (Å²) in [7, 11) is 1.48. The Bertz CT molecular complexity index is 597. The van der Waals surface area contributed by atoms with Crippen molar-refractivity contribution in [2.75, 3.05) is 13.7 Å². The fraction of sp³-hybridized carbons (Fsp3) is 0.312. The number of benzene rings is 2. The number of ether oxygens (including phenoxy) is 2. The van der Waals surface area contributed by atoms with Crippen LogP contribution in [-0.2, 0) is 9.53 Å². The lowest BCUT2D eigenvalue weighted by Crippen LogP contribution is -2.15. The molecule has 2 aromatic carbocycles. The molecule has 0 atom stereocenters. The van der Waals surface area contributed by atoms with E-state index in [1.54, 1.807) is 0 Å². The van der Waals surface area contributed by atoms with E-state index >= 15 is 0 Å². The topological polar surface area (TPSA) is 35.5 Å². The van der Waals surface area contributed by atoms with Gasteiger partial charge in [0.05, 0.1) is 0 Å². The molecule has 116 valence electrons. The van der Waals surface area contributed by atoms with Crippen molar-refractivity contribution in [3.05, 3.63) is 42.0 Å². The maximum absolute atomic E-state index is 11.6. The van der Waals surface area contributed by atoms with Crippen LogP contribution in [0.4, 0.5) is 0 Å². The Balaban J connectivity index is 0.00000200. The van der Waals surface area contributed by atoms with E-state index in [2.05, 4.69) is 26.0 Å². The molecule has 0 fully saturated rings. The molecule has 2 rings (SSSR count). The zero-order valence-electron chi connectivity index (χ0n) is 12.3. The molecule has 0 heterocycles. The average Bonchev–Trinajstić information content (AvgIpc) is 2.38. The number of fused-ring (bicyclic) bond motifs is 1. The van der Waals surface area contributed by atoms with E-state index in [1.807, 2.05) is 24.3 Å². The predicted molar refractivity (Wildman–Crippen MR) is 90.0 cm³/mol. The van der Waals surface area contributed by atoms with Gasteiger partial charge in [-0.25, -0.2) is 4.79 Å². The van der Waals surface area contributed by atoms with Gasteiger partial charge in [0.2, 0.25) is 0 Å². The molecular weight excluding hydrogens is 311 g/mol. The van der Waals surface area contributed by atoms with Crippen LogP contribution in [0.1, 0.15) is 25.3 Å². The number of carbonyl (C=O) groups excluding carboxylic acids is 1. The Morgan fingerprint density at radius 3 is 2.38 bits per heavy atom.